The zero-order valence-corrected chi connectivity index (χ0v) is 5.44. The molecular weight excluding hydrogens is 132 g/mol. The van der Waals surface area contributed by atoms with E-state index in [4.69, 9.17) is 0 Å². The minimum Gasteiger partial charge on any atom is -0.437 e. The summed E-state index contributed by atoms with van der Waals surface area (Å²) in [6.45, 7) is 1.39. The van der Waals surface area contributed by atoms with E-state index in [1.807, 2.05) is 0 Å². The predicted molar refractivity (Wildman–Crippen MR) is 28.3 cm³/mol. The molecule has 0 aliphatic rings. The van der Waals surface area contributed by atoms with Crippen LogP contribution in [0.3, 0.4) is 0 Å². The minimum absolute atomic E-state index is 0.134. The average molecular weight is 138 g/mol. The van der Waals surface area contributed by atoms with Gasteiger partial charge in [-0.05, 0) is 0 Å². The molecule has 1 unspecified atom stereocenters. The third-order valence-corrected chi connectivity index (χ3v) is 1.24. The monoisotopic (exact) mass is 138 g/mol. The van der Waals surface area contributed by atoms with Crippen LogP contribution in [-0.2, 0) is 30.4 Å². The van der Waals surface area contributed by atoms with Crippen molar-refractivity contribution < 1.29 is 14.0 Å². The van der Waals surface area contributed by atoms with Gasteiger partial charge in [-0.1, -0.05) is 0 Å². The Hall–Kier alpha value is 0.290. The number of quaternary nitrogens is 2. The smallest absolute Gasteiger partial charge is 0.335 e. The summed E-state index contributed by atoms with van der Waals surface area (Å²) in [5.74, 6) is -0.134. The summed E-state index contributed by atoms with van der Waals surface area (Å²) in [5.41, 5.74) is 0. The second-order valence-corrected chi connectivity index (χ2v) is 1.71. The van der Waals surface area contributed by atoms with Crippen molar-refractivity contribution in [3.8, 4) is 0 Å². The lowest BCUT2D eigenvalue weighted by molar-refractivity contribution is -1.21. The molecule has 42 valence electrons. The standard InChI is InChI=1S/C2H6N2OS2/c1-2(5)4(7)3-6/h4H,3H2,1H3. The summed E-state index contributed by atoms with van der Waals surface area (Å²) in [7, 11) is 0. The molecule has 0 aromatic heterocycles. The van der Waals surface area contributed by atoms with E-state index in [0.29, 0.717) is 0 Å². The zero-order valence-electron chi connectivity index (χ0n) is 3.80. The number of hydrogen-bond acceptors (Lipinski definition) is 3. The molecule has 7 heavy (non-hydrogen) atoms. The van der Waals surface area contributed by atoms with Gasteiger partial charge in [-0.25, -0.2) is 4.79 Å². The molecule has 1 amide bonds. The number of carbonyl (C=O) groups is 1. The molecule has 0 saturated carbocycles. The summed E-state index contributed by atoms with van der Waals surface area (Å²) >= 11 is 8.83. The van der Waals surface area contributed by atoms with E-state index in [1.165, 1.54) is 11.8 Å². The van der Waals surface area contributed by atoms with Gasteiger partial charge in [0.1, 0.15) is 0 Å². The molecule has 0 aromatic carbocycles. The number of carbonyl (C=O) groups excluding carboxylic acids is 1. The van der Waals surface area contributed by atoms with Crippen molar-refractivity contribution in [2.45, 2.75) is 6.92 Å². The Morgan fingerprint density at radius 1 is 1.86 bits per heavy atom. The summed E-state index contributed by atoms with van der Waals surface area (Å²) in [6.07, 6.45) is 0. The fourth-order valence-corrected chi connectivity index (χ4v) is 0.249. The number of rotatable bonds is 1. The summed E-state index contributed by atoms with van der Waals surface area (Å²) in [4.78, 5) is 11.3. The van der Waals surface area contributed by atoms with Gasteiger partial charge in [0.15, 0.2) is 0 Å². The van der Waals surface area contributed by atoms with Crippen molar-refractivity contribution in [1.82, 2.24) is 0 Å². The molecule has 0 fully saturated rings. The molecule has 0 saturated heterocycles. The molecule has 0 aliphatic heterocycles. The highest BCUT2D eigenvalue weighted by molar-refractivity contribution is 7.53. The number of hydrogen-bond donors (Lipinski definition) is 2. The van der Waals surface area contributed by atoms with Crippen molar-refractivity contribution in [3.05, 3.63) is 0 Å². The van der Waals surface area contributed by atoms with Gasteiger partial charge in [0.25, 0.3) is 0 Å². The van der Waals surface area contributed by atoms with E-state index in [0.717, 1.165) is 0 Å². The fraction of sp³-hybridized carbons (Fsp3) is 0.500. The van der Waals surface area contributed by atoms with Gasteiger partial charge < -0.3 is 30.5 Å². The van der Waals surface area contributed by atoms with Gasteiger partial charge in [-0.3, -0.25) is 4.41 Å². The maximum absolute atomic E-state index is 10.1. The van der Waals surface area contributed by atoms with E-state index >= 15 is 0 Å². The third-order valence-electron chi connectivity index (χ3n) is 0.454. The zero-order chi connectivity index (χ0) is 5.86. The van der Waals surface area contributed by atoms with Crippen LogP contribution in [0, 0.1) is 0 Å². The fourth-order valence-electron chi connectivity index (χ4n) is 0.0830. The van der Waals surface area contributed by atoms with Gasteiger partial charge in [0.05, 0.1) is 6.92 Å². The second kappa shape index (κ2) is 3.31. The highest BCUT2D eigenvalue weighted by Gasteiger charge is 1.93. The van der Waals surface area contributed by atoms with Crippen molar-refractivity contribution >= 4 is 31.5 Å². The lowest BCUT2D eigenvalue weighted by Crippen LogP contribution is -3.44. The molecule has 0 heterocycles. The van der Waals surface area contributed by atoms with Gasteiger partial charge in [-0.2, -0.15) is 0 Å². The van der Waals surface area contributed by atoms with Crippen LogP contribution in [0.15, 0.2) is 0 Å². The normalized spacial score (nSPS) is 13.6. The Balaban J connectivity index is 3.34. The third kappa shape index (κ3) is 2.93. The van der Waals surface area contributed by atoms with E-state index in [9.17, 15) is 4.79 Å². The van der Waals surface area contributed by atoms with Crippen molar-refractivity contribution in [3.63, 3.8) is 0 Å². The molecule has 0 spiro atoms. The van der Waals surface area contributed by atoms with Crippen LogP contribution >= 0.6 is 0 Å². The summed E-state index contributed by atoms with van der Waals surface area (Å²) in [5, 5.41) is 0. The van der Waals surface area contributed by atoms with Crippen LogP contribution in [0.2, 0.25) is 0 Å². The lowest BCUT2D eigenvalue weighted by Gasteiger charge is -2.17. The molecule has 0 aromatic rings. The Kier molecular flexibility index (Phi) is 3.45. The summed E-state index contributed by atoms with van der Waals surface area (Å²) < 4.78 is 0.231. The van der Waals surface area contributed by atoms with Crippen molar-refractivity contribution in [1.29, 1.82) is 0 Å². The Morgan fingerprint density at radius 3 is 2.29 bits per heavy atom. The quantitative estimate of drug-likeness (QED) is 0.174. The van der Waals surface area contributed by atoms with Crippen LogP contribution < -0.4 is 9.25 Å². The van der Waals surface area contributed by atoms with E-state index in [1.54, 1.807) is 0 Å². The summed E-state index contributed by atoms with van der Waals surface area (Å²) in [6, 6.07) is 0. The van der Waals surface area contributed by atoms with Crippen LogP contribution in [0.25, 0.3) is 0 Å². The van der Waals surface area contributed by atoms with Gasteiger partial charge in [0, 0.05) is 0 Å². The van der Waals surface area contributed by atoms with Gasteiger partial charge in [0.2, 0.25) is 0 Å². The minimum atomic E-state index is -0.134. The highest BCUT2D eigenvalue weighted by Crippen LogP contribution is 1.35. The second-order valence-electron chi connectivity index (χ2n) is 1.04. The van der Waals surface area contributed by atoms with Gasteiger partial charge in [-0.15, -0.1) is 0 Å². The molecule has 0 radical (unpaired) electrons. The van der Waals surface area contributed by atoms with Crippen LogP contribution in [-0.4, -0.2) is 5.91 Å². The number of nitrogens with one attached hydrogen (secondary N) is 1. The number of nitrogens with two attached hydrogens (primary N) is 1. The first-order valence-electron chi connectivity index (χ1n) is 1.68. The maximum Gasteiger partial charge on any atom is 0.335 e. The topological polar surface area (TPSA) is 38.1 Å². The van der Waals surface area contributed by atoms with Crippen LogP contribution in [0.4, 0.5) is 0 Å². The molecule has 3 N–H and O–H groups in total. The first-order chi connectivity index (χ1) is 3.18. The molecular formula is C2H6N2OS2. The first kappa shape index (κ1) is 7.29. The van der Waals surface area contributed by atoms with Gasteiger partial charge >= 0.3 is 5.91 Å². The molecule has 3 nitrogen and oxygen atoms in total. The van der Waals surface area contributed by atoms with Crippen LogP contribution in [0.5, 0.6) is 0 Å². The number of amides is 1. The van der Waals surface area contributed by atoms with E-state index < -0.39 is 0 Å². The average Bonchev–Trinajstić information content (AvgIpc) is 1.65. The van der Waals surface area contributed by atoms with E-state index in [-0.39, 0.29) is 10.3 Å². The Labute approximate surface area is 53.1 Å². The van der Waals surface area contributed by atoms with Crippen LogP contribution in [0.1, 0.15) is 6.92 Å². The molecule has 0 bridgehead atoms. The molecule has 0 rings (SSSR count). The van der Waals surface area contributed by atoms with Crippen molar-refractivity contribution in [2.75, 3.05) is 0 Å². The SMILES string of the molecule is CC(=O)[NH+]([S-])[NH2+][S-]. The Bertz CT molecular complexity index is 76.1. The lowest BCUT2D eigenvalue weighted by atomic mass is 10.8. The molecule has 5 heteroatoms. The largest absolute Gasteiger partial charge is 0.437 e. The Morgan fingerprint density at radius 2 is 2.29 bits per heavy atom. The van der Waals surface area contributed by atoms with Crippen molar-refractivity contribution in [2.24, 2.45) is 0 Å². The maximum atomic E-state index is 10.1. The van der Waals surface area contributed by atoms with E-state index in [2.05, 4.69) is 25.6 Å². The molecule has 1 atom stereocenters. The molecule has 0 aliphatic carbocycles. The predicted octanol–water partition coefficient (Wildman–Crippen LogP) is -3.18. The highest BCUT2D eigenvalue weighted by atomic mass is 32.1. The first-order valence-corrected chi connectivity index (χ1v) is 2.56.